The lowest BCUT2D eigenvalue weighted by Gasteiger charge is -2.38. The quantitative estimate of drug-likeness (QED) is 0.764. The predicted octanol–water partition coefficient (Wildman–Crippen LogP) is 3.40. The minimum Gasteiger partial charge on any atom is -0.352 e. The van der Waals surface area contributed by atoms with Gasteiger partial charge in [-0.1, -0.05) is 23.7 Å². The Morgan fingerprint density at radius 2 is 1.77 bits per heavy atom. The summed E-state index contributed by atoms with van der Waals surface area (Å²) >= 11 is 6.02. The highest BCUT2D eigenvalue weighted by atomic mass is 35.5. The van der Waals surface area contributed by atoms with E-state index in [1.54, 1.807) is 12.4 Å². The number of piperazine rings is 1. The van der Waals surface area contributed by atoms with Gasteiger partial charge in [0.25, 0.3) is 0 Å². The second-order valence-corrected chi connectivity index (χ2v) is 6.90. The van der Waals surface area contributed by atoms with Crippen LogP contribution in [0.2, 0.25) is 5.02 Å². The fraction of sp³-hybridized carbons (Fsp3) is 0.316. The maximum Gasteiger partial charge on any atom is 0.155 e. The second kappa shape index (κ2) is 7.43. The third-order valence-electron chi connectivity index (χ3n) is 4.96. The fourth-order valence-corrected chi connectivity index (χ4v) is 3.52. The molecule has 1 aliphatic rings. The Hall–Kier alpha value is -2.44. The Labute approximate surface area is 157 Å². The first kappa shape index (κ1) is 17.0. The first-order valence-corrected chi connectivity index (χ1v) is 9.15. The van der Waals surface area contributed by atoms with Crippen molar-refractivity contribution in [2.24, 2.45) is 0 Å². The monoisotopic (exact) mass is 368 g/mol. The molecule has 3 heterocycles. The summed E-state index contributed by atoms with van der Waals surface area (Å²) in [4.78, 5) is 14.0. The number of aromatic nitrogens is 4. The third-order valence-corrected chi connectivity index (χ3v) is 5.21. The Bertz CT molecular complexity index is 841. The smallest absolute Gasteiger partial charge is 0.155 e. The summed E-state index contributed by atoms with van der Waals surface area (Å²) in [5.74, 6) is 0.936. The van der Waals surface area contributed by atoms with Gasteiger partial charge in [0.15, 0.2) is 5.82 Å². The molecule has 3 aromatic rings. The van der Waals surface area contributed by atoms with Crippen molar-refractivity contribution in [2.45, 2.75) is 13.0 Å². The van der Waals surface area contributed by atoms with Crippen molar-refractivity contribution in [3.8, 4) is 11.3 Å². The van der Waals surface area contributed by atoms with Crippen molar-refractivity contribution < 1.29 is 0 Å². The van der Waals surface area contributed by atoms with E-state index in [1.807, 2.05) is 36.7 Å². The lowest BCUT2D eigenvalue weighted by molar-refractivity contribution is 0.198. The molecule has 0 saturated carbocycles. The zero-order valence-corrected chi connectivity index (χ0v) is 15.4. The van der Waals surface area contributed by atoms with Crippen molar-refractivity contribution in [3.63, 3.8) is 0 Å². The van der Waals surface area contributed by atoms with Crippen LogP contribution in [0.3, 0.4) is 0 Å². The second-order valence-electron chi connectivity index (χ2n) is 6.47. The van der Waals surface area contributed by atoms with Gasteiger partial charge in [-0.15, -0.1) is 0 Å². The van der Waals surface area contributed by atoms with Crippen molar-refractivity contribution in [3.05, 3.63) is 59.6 Å². The number of rotatable bonds is 4. The summed E-state index contributed by atoms with van der Waals surface area (Å²) in [6.45, 7) is 6.01. The molecule has 0 bridgehead atoms. The van der Waals surface area contributed by atoms with E-state index in [2.05, 4.69) is 36.9 Å². The summed E-state index contributed by atoms with van der Waals surface area (Å²) in [5, 5.41) is 7.68. The predicted molar refractivity (Wildman–Crippen MR) is 103 cm³/mol. The van der Waals surface area contributed by atoms with E-state index < -0.39 is 0 Å². The van der Waals surface area contributed by atoms with Gasteiger partial charge in [-0.3, -0.25) is 15.0 Å². The van der Waals surface area contributed by atoms with Gasteiger partial charge in [0.05, 0.1) is 6.20 Å². The Balaban J connectivity index is 1.51. The van der Waals surface area contributed by atoms with Crippen LogP contribution in [0.25, 0.3) is 11.3 Å². The van der Waals surface area contributed by atoms with Crippen LogP contribution in [0, 0.1) is 0 Å². The van der Waals surface area contributed by atoms with E-state index in [-0.39, 0.29) is 0 Å². The van der Waals surface area contributed by atoms with E-state index >= 15 is 0 Å². The van der Waals surface area contributed by atoms with Gasteiger partial charge in [-0.05, 0) is 19.1 Å². The number of hydrogen-bond acceptors (Lipinski definition) is 5. The molecule has 0 radical (unpaired) electrons. The van der Waals surface area contributed by atoms with Crippen LogP contribution in [-0.2, 0) is 0 Å². The normalized spacial score (nSPS) is 16.6. The maximum atomic E-state index is 6.02. The highest BCUT2D eigenvalue weighted by Crippen LogP contribution is 2.29. The molecule has 134 valence electrons. The number of halogens is 1. The molecule has 1 atom stereocenters. The van der Waals surface area contributed by atoms with Gasteiger partial charge in [0.1, 0.15) is 5.69 Å². The molecule has 4 rings (SSSR count). The lowest BCUT2D eigenvalue weighted by Crippen LogP contribution is -2.47. The highest BCUT2D eigenvalue weighted by molar-refractivity contribution is 6.30. The lowest BCUT2D eigenvalue weighted by atomic mass is 10.1. The molecule has 1 aromatic carbocycles. The highest BCUT2D eigenvalue weighted by Gasteiger charge is 2.25. The molecule has 26 heavy (non-hydrogen) atoms. The topological polar surface area (TPSA) is 60.9 Å². The van der Waals surface area contributed by atoms with Crippen molar-refractivity contribution in [1.82, 2.24) is 25.1 Å². The largest absolute Gasteiger partial charge is 0.352 e. The molecular formula is C19H21ClN6. The van der Waals surface area contributed by atoms with E-state index in [0.717, 1.165) is 48.3 Å². The molecule has 1 fully saturated rings. The summed E-state index contributed by atoms with van der Waals surface area (Å²) in [6, 6.07) is 8.12. The summed E-state index contributed by atoms with van der Waals surface area (Å²) in [6.07, 6.45) is 7.37. The number of H-pyrrole nitrogens is 1. The fourth-order valence-electron chi connectivity index (χ4n) is 3.39. The molecule has 7 heteroatoms. The van der Waals surface area contributed by atoms with Crippen LogP contribution < -0.4 is 4.90 Å². The number of benzene rings is 1. The standard InChI is InChI=1S/C19H21ClN6/c1-14(16-12-23-24-13-16)25-8-10-26(11-9-25)19-18(21-6-7-22-19)15-2-4-17(20)5-3-15/h2-7,12-14H,8-11H2,1H3,(H,23,24). The van der Waals surface area contributed by atoms with Crippen LogP contribution in [0.1, 0.15) is 18.5 Å². The first-order chi connectivity index (χ1) is 12.7. The maximum absolute atomic E-state index is 6.02. The molecule has 2 aromatic heterocycles. The summed E-state index contributed by atoms with van der Waals surface area (Å²) in [7, 11) is 0. The SMILES string of the molecule is CC(c1cn[nH]c1)N1CCN(c2nccnc2-c2ccc(Cl)cc2)CC1. The van der Waals surface area contributed by atoms with E-state index in [4.69, 9.17) is 11.6 Å². The number of anilines is 1. The van der Waals surface area contributed by atoms with E-state index in [0.29, 0.717) is 6.04 Å². The van der Waals surface area contributed by atoms with Gasteiger partial charge >= 0.3 is 0 Å². The van der Waals surface area contributed by atoms with E-state index in [9.17, 15) is 0 Å². The average Bonchev–Trinajstić information content (AvgIpc) is 3.23. The molecule has 6 nitrogen and oxygen atoms in total. The van der Waals surface area contributed by atoms with Crippen LogP contribution >= 0.6 is 11.6 Å². The minimum atomic E-state index is 0.355. The number of aromatic amines is 1. The van der Waals surface area contributed by atoms with Crippen LogP contribution in [0.5, 0.6) is 0 Å². The Morgan fingerprint density at radius 1 is 1.04 bits per heavy atom. The molecule has 0 aliphatic carbocycles. The Kier molecular flexibility index (Phi) is 4.86. The minimum absolute atomic E-state index is 0.355. The molecule has 1 aliphatic heterocycles. The molecule has 1 unspecified atom stereocenters. The molecular weight excluding hydrogens is 348 g/mol. The van der Waals surface area contributed by atoms with Crippen molar-refractivity contribution in [1.29, 1.82) is 0 Å². The van der Waals surface area contributed by atoms with Gasteiger partial charge in [-0.2, -0.15) is 5.10 Å². The van der Waals surface area contributed by atoms with Crippen molar-refractivity contribution in [2.75, 3.05) is 31.1 Å². The Morgan fingerprint density at radius 3 is 2.46 bits per heavy atom. The number of nitrogens with zero attached hydrogens (tertiary/aromatic N) is 5. The van der Waals surface area contributed by atoms with Gasteiger partial charge in [-0.25, -0.2) is 4.98 Å². The zero-order valence-electron chi connectivity index (χ0n) is 14.6. The number of hydrogen-bond donors (Lipinski definition) is 1. The van der Waals surface area contributed by atoms with Crippen LogP contribution in [-0.4, -0.2) is 51.2 Å². The van der Waals surface area contributed by atoms with Crippen LogP contribution in [0.4, 0.5) is 5.82 Å². The molecule has 1 saturated heterocycles. The van der Waals surface area contributed by atoms with Crippen molar-refractivity contribution >= 4 is 17.4 Å². The first-order valence-electron chi connectivity index (χ1n) is 8.77. The molecule has 1 N–H and O–H groups in total. The van der Waals surface area contributed by atoms with Gasteiger partial charge < -0.3 is 4.90 Å². The van der Waals surface area contributed by atoms with Crippen LogP contribution in [0.15, 0.2) is 49.1 Å². The number of nitrogens with one attached hydrogen (secondary N) is 1. The summed E-state index contributed by atoms with van der Waals surface area (Å²) < 4.78 is 0. The van der Waals surface area contributed by atoms with E-state index in [1.165, 1.54) is 5.56 Å². The van der Waals surface area contributed by atoms with Gasteiger partial charge in [0, 0.05) is 67.0 Å². The average molecular weight is 369 g/mol. The third kappa shape index (κ3) is 3.43. The summed E-state index contributed by atoms with van der Waals surface area (Å²) in [5.41, 5.74) is 3.16. The zero-order chi connectivity index (χ0) is 17.9. The van der Waals surface area contributed by atoms with Gasteiger partial charge in [0.2, 0.25) is 0 Å². The molecule has 0 amide bonds. The molecule has 0 spiro atoms.